The Balaban J connectivity index is 2.67. The molecule has 1 aromatic rings. The third-order valence-corrected chi connectivity index (χ3v) is 2.06. The zero-order valence-electron chi connectivity index (χ0n) is 8.73. The van der Waals surface area contributed by atoms with Crippen LogP contribution < -0.4 is 11.1 Å². The van der Waals surface area contributed by atoms with Gasteiger partial charge in [-0.1, -0.05) is 12.1 Å². The van der Waals surface area contributed by atoms with E-state index in [1.165, 1.54) is 6.92 Å². The van der Waals surface area contributed by atoms with Crippen LogP contribution in [0.4, 0.5) is 5.69 Å². The number of aliphatic hydroxyl groups excluding tert-OH is 1. The molecule has 1 aromatic carbocycles. The Hall–Kier alpha value is -1.39. The average Bonchev–Trinajstić information content (AvgIpc) is 2.18. The van der Waals surface area contributed by atoms with Gasteiger partial charge in [0.2, 0.25) is 5.91 Å². The van der Waals surface area contributed by atoms with Crippen molar-refractivity contribution in [2.24, 2.45) is 5.73 Å². The molecule has 0 unspecified atom stereocenters. The highest BCUT2D eigenvalue weighted by atomic mass is 16.3. The number of hydrogen-bond donors (Lipinski definition) is 3. The molecule has 82 valence electrons. The van der Waals surface area contributed by atoms with E-state index in [2.05, 4.69) is 5.32 Å². The van der Waals surface area contributed by atoms with E-state index in [0.717, 1.165) is 11.3 Å². The Labute approximate surface area is 89.1 Å². The molecule has 0 saturated heterocycles. The minimum absolute atomic E-state index is 0.106. The second-order valence-corrected chi connectivity index (χ2v) is 3.40. The molecule has 0 saturated carbocycles. The number of aliphatic hydroxyl groups is 1. The van der Waals surface area contributed by atoms with Crippen LogP contribution in [0.1, 0.15) is 25.0 Å². The lowest BCUT2D eigenvalue weighted by atomic mass is 10.1. The van der Waals surface area contributed by atoms with Crippen molar-refractivity contribution >= 4 is 11.6 Å². The van der Waals surface area contributed by atoms with E-state index in [1.807, 2.05) is 0 Å². The van der Waals surface area contributed by atoms with Gasteiger partial charge in [-0.3, -0.25) is 4.79 Å². The normalized spacial score (nSPS) is 12.2. The molecule has 0 aliphatic carbocycles. The van der Waals surface area contributed by atoms with Crippen molar-refractivity contribution in [1.82, 2.24) is 0 Å². The van der Waals surface area contributed by atoms with Crippen molar-refractivity contribution in [3.63, 3.8) is 0 Å². The summed E-state index contributed by atoms with van der Waals surface area (Å²) >= 11 is 0. The molecule has 1 amide bonds. The molecule has 1 rings (SSSR count). The van der Waals surface area contributed by atoms with E-state index in [-0.39, 0.29) is 5.91 Å². The quantitative estimate of drug-likeness (QED) is 0.691. The lowest BCUT2D eigenvalue weighted by molar-refractivity contribution is -0.114. The molecular weight excluding hydrogens is 192 g/mol. The number of benzene rings is 1. The van der Waals surface area contributed by atoms with Crippen molar-refractivity contribution in [1.29, 1.82) is 0 Å². The van der Waals surface area contributed by atoms with Crippen LogP contribution in [0.5, 0.6) is 0 Å². The van der Waals surface area contributed by atoms with Gasteiger partial charge in [-0.2, -0.15) is 0 Å². The molecule has 15 heavy (non-hydrogen) atoms. The fourth-order valence-electron chi connectivity index (χ4n) is 1.32. The molecule has 0 aromatic heterocycles. The van der Waals surface area contributed by atoms with E-state index < -0.39 is 6.10 Å². The molecule has 0 heterocycles. The summed E-state index contributed by atoms with van der Waals surface area (Å²) in [5.74, 6) is -0.106. The van der Waals surface area contributed by atoms with Gasteiger partial charge in [0.05, 0.1) is 6.10 Å². The van der Waals surface area contributed by atoms with E-state index in [4.69, 9.17) is 5.73 Å². The molecule has 0 aliphatic heterocycles. The summed E-state index contributed by atoms with van der Waals surface area (Å²) in [5.41, 5.74) is 6.89. The number of carbonyl (C=O) groups is 1. The predicted molar refractivity (Wildman–Crippen MR) is 59.4 cm³/mol. The first-order chi connectivity index (χ1) is 7.13. The van der Waals surface area contributed by atoms with Crippen LogP contribution in [0, 0.1) is 0 Å². The lowest BCUT2D eigenvalue weighted by Crippen LogP contribution is -2.08. The summed E-state index contributed by atoms with van der Waals surface area (Å²) in [7, 11) is 0. The smallest absolute Gasteiger partial charge is 0.221 e. The van der Waals surface area contributed by atoms with Crippen LogP contribution in [0.3, 0.4) is 0 Å². The van der Waals surface area contributed by atoms with Crippen molar-refractivity contribution in [3.05, 3.63) is 29.8 Å². The maximum atomic E-state index is 10.8. The molecule has 0 spiro atoms. The first-order valence-electron chi connectivity index (χ1n) is 4.89. The van der Waals surface area contributed by atoms with Gasteiger partial charge in [0.1, 0.15) is 0 Å². The Kier molecular flexibility index (Phi) is 4.27. The fourth-order valence-corrected chi connectivity index (χ4v) is 1.32. The number of carbonyl (C=O) groups excluding carboxylic acids is 1. The molecule has 0 fully saturated rings. The van der Waals surface area contributed by atoms with E-state index in [1.54, 1.807) is 24.3 Å². The van der Waals surface area contributed by atoms with Crippen LogP contribution in [0.2, 0.25) is 0 Å². The molecule has 4 N–H and O–H groups in total. The van der Waals surface area contributed by atoms with Gasteiger partial charge in [0.25, 0.3) is 0 Å². The number of rotatable bonds is 4. The topological polar surface area (TPSA) is 75.3 Å². The molecule has 4 heteroatoms. The number of anilines is 1. The summed E-state index contributed by atoms with van der Waals surface area (Å²) in [6.07, 6.45) is 0.0147. The lowest BCUT2D eigenvalue weighted by Gasteiger charge is -2.10. The fraction of sp³-hybridized carbons (Fsp3) is 0.364. The van der Waals surface area contributed by atoms with Gasteiger partial charge in [0, 0.05) is 12.6 Å². The van der Waals surface area contributed by atoms with Crippen LogP contribution >= 0.6 is 0 Å². The zero-order chi connectivity index (χ0) is 11.3. The Morgan fingerprint density at radius 3 is 2.53 bits per heavy atom. The van der Waals surface area contributed by atoms with Gasteiger partial charge in [-0.15, -0.1) is 0 Å². The number of nitrogens with one attached hydrogen (secondary N) is 1. The Morgan fingerprint density at radius 1 is 1.47 bits per heavy atom. The van der Waals surface area contributed by atoms with Crippen molar-refractivity contribution < 1.29 is 9.90 Å². The summed E-state index contributed by atoms with van der Waals surface area (Å²) in [5, 5.41) is 12.3. The van der Waals surface area contributed by atoms with Gasteiger partial charge in [-0.05, 0) is 30.7 Å². The number of nitrogens with two attached hydrogens (primary N) is 1. The monoisotopic (exact) mass is 208 g/mol. The van der Waals surface area contributed by atoms with E-state index in [0.29, 0.717) is 13.0 Å². The van der Waals surface area contributed by atoms with Crippen LogP contribution in [-0.4, -0.2) is 17.6 Å². The van der Waals surface area contributed by atoms with Gasteiger partial charge < -0.3 is 16.2 Å². The largest absolute Gasteiger partial charge is 0.388 e. The highest BCUT2D eigenvalue weighted by molar-refractivity contribution is 5.88. The summed E-state index contributed by atoms with van der Waals surface area (Å²) in [4.78, 5) is 10.8. The Bertz CT molecular complexity index is 322. The van der Waals surface area contributed by atoms with Crippen molar-refractivity contribution in [2.45, 2.75) is 19.4 Å². The molecule has 0 radical (unpaired) electrons. The molecule has 0 bridgehead atoms. The molecule has 0 aliphatic rings. The summed E-state index contributed by atoms with van der Waals surface area (Å²) in [6, 6.07) is 7.09. The standard InChI is InChI=1S/C11H16N2O2/c1-8(14)13-10-4-2-9(3-5-10)11(15)6-7-12/h2-5,11,15H,6-7,12H2,1H3,(H,13,14)/t11-/m0/s1. The maximum Gasteiger partial charge on any atom is 0.221 e. The van der Waals surface area contributed by atoms with Crippen molar-refractivity contribution in [2.75, 3.05) is 11.9 Å². The van der Waals surface area contributed by atoms with E-state index in [9.17, 15) is 9.90 Å². The highest BCUT2D eigenvalue weighted by Gasteiger charge is 2.05. The molecule has 1 atom stereocenters. The van der Waals surface area contributed by atoms with Crippen molar-refractivity contribution in [3.8, 4) is 0 Å². The van der Waals surface area contributed by atoms with Gasteiger partial charge in [-0.25, -0.2) is 0 Å². The first-order valence-corrected chi connectivity index (χ1v) is 4.89. The molecular formula is C11H16N2O2. The highest BCUT2D eigenvalue weighted by Crippen LogP contribution is 2.18. The van der Waals surface area contributed by atoms with Crippen LogP contribution in [0.15, 0.2) is 24.3 Å². The first kappa shape index (κ1) is 11.7. The third-order valence-electron chi connectivity index (χ3n) is 2.06. The summed E-state index contributed by atoms with van der Waals surface area (Å²) < 4.78 is 0. The number of hydrogen-bond acceptors (Lipinski definition) is 3. The third kappa shape index (κ3) is 3.69. The minimum atomic E-state index is -0.527. The molecule has 4 nitrogen and oxygen atoms in total. The maximum absolute atomic E-state index is 10.8. The van der Waals surface area contributed by atoms with Gasteiger partial charge in [0.15, 0.2) is 0 Å². The Morgan fingerprint density at radius 2 is 2.07 bits per heavy atom. The summed E-state index contributed by atoms with van der Waals surface area (Å²) in [6.45, 7) is 1.91. The SMILES string of the molecule is CC(=O)Nc1ccc([C@@H](O)CCN)cc1. The number of amides is 1. The average molecular weight is 208 g/mol. The predicted octanol–water partition coefficient (Wildman–Crippen LogP) is 1.03. The van der Waals surface area contributed by atoms with E-state index >= 15 is 0 Å². The minimum Gasteiger partial charge on any atom is -0.388 e. The second kappa shape index (κ2) is 5.48. The second-order valence-electron chi connectivity index (χ2n) is 3.40. The van der Waals surface area contributed by atoms with Gasteiger partial charge >= 0.3 is 0 Å². The van der Waals surface area contributed by atoms with Crippen LogP contribution in [0.25, 0.3) is 0 Å². The van der Waals surface area contributed by atoms with Crippen LogP contribution in [-0.2, 0) is 4.79 Å². The zero-order valence-corrected chi connectivity index (χ0v) is 8.73.